The summed E-state index contributed by atoms with van der Waals surface area (Å²) in [4.78, 5) is 25.9. The first-order valence-electron chi connectivity index (χ1n) is 7.07. The van der Waals surface area contributed by atoms with Crippen LogP contribution < -0.4 is 16.0 Å². The maximum Gasteiger partial charge on any atom is 0.227 e. The molecule has 3 N–H and O–H groups in total. The number of anilines is 1. The minimum Gasteiger partial charge on any atom is -0.356 e. The third-order valence-electron chi connectivity index (χ3n) is 3.54. The van der Waals surface area contributed by atoms with Crippen molar-refractivity contribution in [1.82, 2.24) is 5.32 Å². The molecular formula is C15H21BrClN3O2. The summed E-state index contributed by atoms with van der Waals surface area (Å²) in [6.07, 6.45) is 0.992. The third kappa shape index (κ3) is 4.69. The van der Waals surface area contributed by atoms with E-state index in [9.17, 15) is 9.59 Å². The van der Waals surface area contributed by atoms with Crippen LogP contribution in [0.3, 0.4) is 0 Å². The van der Waals surface area contributed by atoms with Gasteiger partial charge in [0, 0.05) is 30.0 Å². The van der Waals surface area contributed by atoms with Gasteiger partial charge in [0.15, 0.2) is 0 Å². The largest absolute Gasteiger partial charge is 0.356 e. The smallest absolute Gasteiger partial charge is 0.227 e. The molecule has 1 aliphatic heterocycles. The molecule has 1 aromatic rings. The number of nitrogens with one attached hydrogen (secondary N) is 1. The molecule has 0 bridgehead atoms. The second-order valence-electron chi connectivity index (χ2n) is 5.41. The van der Waals surface area contributed by atoms with Gasteiger partial charge in [-0.1, -0.05) is 12.1 Å². The van der Waals surface area contributed by atoms with Crippen LogP contribution in [0.1, 0.15) is 19.8 Å². The molecule has 5 nitrogen and oxygen atoms in total. The van der Waals surface area contributed by atoms with Crippen LogP contribution in [0.25, 0.3) is 0 Å². The number of para-hydroxylation sites is 1. The van der Waals surface area contributed by atoms with E-state index in [0.717, 1.165) is 16.6 Å². The Morgan fingerprint density at radius 3 is 2.82 bits per heavy atom. The second kappa shape index (κ2) is 8.50. The number of hydrogen-bond acceptors (Lipinski definition) is 3. The number of rotatable bonds is 5. The highest BCUT2D eigenvalue weighted by Crippen LogP contribution is 2.31. The summed E-state index contributed by atoms with van der Waals surface area (Å²) in [5.74, 6) is -0.384. The van der Waals surface area contributed by atoms with Crippen LogP contribution in [0.5, 0.6) is 0 Å². The summed E-state index contributed by atoms with van der Waals surface area (Å²) in [5.41, 5.74) is 6.46. The van der Waals surface area contributed by atoms with Gasteiger partial charge in [-0.25, -0.2) is 0 Å². The fourth-order valence-electron chi connectivity index (χ4n) is 2.35. The highest BCUT2D eigenvalue weighted by atomic mass is 79.9. The van der Waals surface area contributed by atoms with E-state index in [1.807, 2.05) is 31.2 Å². The molecule has 0 radical (unpaired) electrons. The highest BCUT2D eigenvalue weighted by Gasteiger charge is 2.35. The van der Waals surface area contributed by atoms with Crippen molar-refractivity contribution in [3.63, 3.8) is 0 Å². The van der Waals surface area contributed by atoms with Crippen LogP contribution in [0.4, 0.5) is 5.69 Å². The predicted octanol–water partition coefficient (Wildman–Crippen LogP) is 2.08. The lowest BCUT2D eigenvalue weighted by molar-refractivity contribution is -0.126. The van der Waals surface area contributed by atoms with Crippen LogP contribution >= 0.6 is 28.3 Å². The zero-order chi connectivity index (χ0) is 15.4. The van der Waals surface area contributed by atoms with Crippen LogP contribution in [-0.2, 0) is 9.59 Å². The number of carbonyl (C=O) groups is 2. The summed E-state index contributed by atoms with van der Waals surface area (Å²) in [6, 6.07) is 7.60. The third-order valence-corrected chi connectivity index (χ3v) is 4.21. The summed E-state index contributed by atoms with van der Waals surface area (Å²) < 4.78 is 0.858. The van der Waals surface area contributed by atoms with E-state index >= 15 is 0 Å². The van der Waals surface area contributed by atoms with Gasteiger partial charge in [-0.05, 0) is 41.4 Å². The van der Waals surface area contributed by atoms with Crippen LogP contribution in [0, 0.1) is 5.92 Å². The van der Waals surface area contributed by atoms with E-state index in [1.165, 1.54) is 0 Å². The number of amides is 2. The predicted molar refractivity (Wildman–Crippen MR) is 93.1 cm³/mol. The molecule has 1 saturated heterocycles. The van der Waals surface area contributed by atoms with E-state index in [1.54, 1.807) is 4.90 Å². The quantitative estimate of drug-likeness (QED) is 0.808. The molecule has 2 rings (SSSR count). The number of nitrogens with two attached hydrogens (primary N) is 1. The molecule has 2 amide bonds. The molecule has 0 aliphatic carbocycles. The molecule has 2 unspecified atom stereocenters. The fourth-order valence-corrected chi connectivity index (χ4v) is 2.85. The molecular weight excluding hydrogens is 370 g/mol. The van der Waals surface area contributed by atoms with Crippen molar-refractivity contribution in [2.24, 2.45) is 11.7 Å². The number of halogens is 2. The zero-order valence-corrected chi connectivity index (χ0v) is 14.8. The Morgan fingerprint density at radius 1 is 1.50 bits per heavy atom. The van der Waals surface area contributed by atoms with Crippen molar-refractivity contribution in [3.05, 3.63) is 28.7 Å². The Hall–Kier alpha value is -1.11. The topological polar surface area (TPSA) is 75.4 Å². The molecule has 122 valence electrons. The van der Waals surface area contributed by atoms with Crippen LogP contribution in [0.15, 0.2) is 28.7 Å². The van der Waals surface area contributed by atoms with Gasteiger partial charge in [0.1, 0.15) is 0 Å². The van der Waals surface area contributed by atoms with Crippen molar-refractivity contribution >= 4 is 45.8 Å². The van der Waals surface area contributed by atoms with Gasteiger partial charge in [0.05, 0.1) is 11.6 Å². The minimum atomic E-state index is -0.294. The monoisotopic (exact) mass is 389 g/mol. The van der Waals surface area contributed by atoms with Gasteiger partial charge in [-0.15, -0.1) is 12.4 Å². The SMILES string of the molecule is CC(N)CCNC(=O)C1CC(=O)N(c2ccccc2Br)C1.Cl. The van der Waals surface area contributed by atoms with Crippen molar-refractivity contribution in [3.8, 4) is 0 Å². The van der Waals surface area contributed by atoms with E-state index in [2.05, 4.69) is 21.2 Å². The molecule has 7 heteroatoms. The normalized spacial score (nSPS) is 18.8. The Bertz CT molecular complexity index is 539. The van der Waals surface area contributed by atoms with Gasteiger partial charge < -0.3 is 16.0 Å². The standard InChI is InChI=1S/C15H20BrN3O2.ClH/c1-10(17)6-7-18-15(21)11-8-14(20)19(9-11)13-5-3-2-4-12(13)16;/h2-5,10-11H,6-9,17H2,1H3,(H,18,21);1H. The van der Waals surface area contributed by atoms with Crippen LogP contribution in [0.2, 0.25) is 0 Å². The van der Waals surface area contributed by atoms with Gasteiger partial charge in [-0.3, -0.25) is 9.59 Å². The lowest BCUT2D eigenvalue weighted by atomic mass is 10.1. The minimum absolute atomic E-state index is 0. The number of carbonyl (C=O) groups excluding carboxylic acids is 2. The molecule has 22 heavy (non-hydrogen) atoms. The highest BCUT2D eigenvalue weighted by molar-refractivity contribution is 9.10. The first-order valence-corrected chi connectivity index (χ1v) is 7.86. The van der Waals surface area contributed by atoms with E-state index < -0.39 is 0 Å². The summed E-state index contributed by atoms with van der Waals surface area (Å²) in [6.45, 7) is 2.88. The van der Waals surface area contributed by atoms with Gasteiger partial charge in [0.2, 0.25) is 11.8 Å². The lowest BCUT2D eigenvalue weighted by Crippen LogP contribution is -2.35. The van der Waals surface area contributed by atoms with Gasteiger partial charge in [0.25, 0.3) is 0 Å². The van der Waals surface area contributed by atoms with E-state index in [0.29, 0.717) is 13.1 Å². The molecule has 1 aromatic carbocycles. The van der Waals surface area contributed by atoms with Gasteiger partial charge >= 0.3 is 0 Å². The first kappa shape index (κ1) is 18.9. The Kier molecular flexibility index (Phi) is 7.32. The molecule has 0 saturated carbocycles. The van der Waals surface area contributed by atoms with Gasteiger partial charge in [-0.2, -0.15) is 0 Å². The average Bonchev–Trinajstić information content (AvgIpc) is 2.81. The Morgan fingerprint density at radius 2 is 2.18 bits per heavy atom. The van der Waals surface area contributed by atoms with Crippen LogP contribution in [-0.4, -0.2) is 30.9 Å². The summed E-state index contributed by atoms with van der Waals surface area (Å²) >= 11 is 3.44. The number of hydrogen-bond donors (Lipinski definition) is 2. The molecule has 1 aliphatic rings. The summed E-state index contributed by atoms with van der Waals surface area (Å²) in [5, 5.41) is 2.85. The molecule has 0 spiro atoms. The van der Waals surface area contributed by atoms with Crippen molar-refractivity contribution < 1.29 is 9.59 Å². The Balaban J connectivity index is 0.00000242. The first-order chi connectivity index (χ1) is 9.99. The van der Waals surface area contributed by atoms with Crippen molar-refractivity contribution in [1.29, 1.82) is 0 Å². The van der Waals surface area contributed by atoms with E-state index in [4.69, 9.17) is 5.73 Å². The summed E-state index contributed by atoms with van der Waals surface area (Å²) in [7, 11) is 0. The second-order valence-corrected chi connectivity index (χ2v) is 6.27. The average molecular weight is 391 g/mol. The fraction of sp³-hybridized carbons (Fsp3) is 0.467. The van der Waals surface area contributed by atoms with Crippen molar-refractivity contribution in [2.75, 3.05) is 18.0 Å². The van der Waals surface area contributed by atoms with Crippen molar-refractivity contribution in [2.45, 2.75) is 25.8 Å². The maximum atomic E-state index is 12.1. The molecule has 1 fully saturated rings. The maximum absolute atomic E-state index is 12.1. The molecule has 1 heterocycles. The number of benzene rings is 1. The number of nitrogens with zero attached hydrogens (tertiary/aromatic N) is 1. The van der Waals surface area contributed by atoms with E-state index in [-0.39, 0.29) is 42.6 Å². The Labute approximate surface area is 145 Å². The lowest BCUT2D eigenvalue weighted by Gasteiger charge is -2.18. The molecule has 0 aromatic heterocycles. The molecule has 2 atom stereocenters. The zero-order valence-electron chi connectivity index (χ0n) is 12.4.